The van der Waals surface area contributed by atoms with Crippen LogP contribution in [-0.4, -0.2) is 10.8 Å². The minimum Gasteiger partial charge on any atom is -0.440 e. The first-order valence-electron chi connectivity index (χ1n) is 6.27. The van der Waals surface area contributed by atoms with Crippen LogP contribution in [0.4, 0.5) is 4.39 Å². The van der Waals surface area contributed by atoms with E-state index in [1.54, 1.807) is 25.1 Å². The second-order valence-electron chi connectivity index (χ2n) is 4.64. The molecule has 1 heterocycles. The Morgan fingerprint density at radius 3 is 2.80 bits per heavy atom. The number of Topliss-reactive ketones (excluding diaryl/α,β-unsaturated/α-hetero) is 1. The zero-order chi connectivity index (χ0) is 14.1. The average Bonchev–Trinajstić information content (AvgIpc) is 2.83. The van der Waals surface area contributed by atoms with Crippen molar-refractivity contribution in [2.75, 3.05) is 0 Å². The largest absolute Gasteiger partial charge is 0.440 e. The van der Waals surface area contributed by atoms with Crippen LogP contribution in [0.2, 0.25) is 0 Å². The first-order chi connectivity index (χ1) is 9.63. The second-order valence-corrected chi connectivity index (χ2v) is 4.64. The Morgan fingerprint density at radius 2 is 2.05 bits per heavy atom. The smallest absolute Gasteiger partial charge is 0.203 e. The van der Waals surface area contributed by atoms with Crippen molar-refractivity contribution >= 4 is 16.9 Å². The summed E-state index contributed by atoms with van der Waals surface area (Å²) in [6.07, 6.45) is 0.0250. The number of benzene rings is 2. The van der Waals surface area contributed by atoms with Crippen molar-refractivity contribution in [2.45, 2.75) is 13.3 Å². The molecule has 0 aliphatic rings. The number of fused-ring (bicyclic) bond motifs is 1. The molecular formula is C16H12FNO2. The summed E-state index contributed by atoms with van der Waals surface area (Å²) in [7, 11) is 0. The van der Waals surface area contributed by atoms with Gasteiger partial charge in [0.25, 0.3) is 0 Å². The Kier molecular flexibility index (Phi) is 3.06. The first-order valence-corrected chi connectivity index (χ1v) is 6.27. The number of rotatable bonds is 3. The quantitative estimate of drug-likeness (QED) is 0.681. The minimum absolute atomic E-state index is 0.0250. The predicted octanol–water partition coefficient (Wildman–Crippen LogP) is 3.70. The summed E-state index contributed by atoms with van der Waals surface area (Å²) in [5.74, 6) is -0.249. The third-order valence-electron chi connectivity index (χ3n) is 3.14. The SMILES string of the molecule is Cc1ccc(C(=O)Cc2nc3ccccc3o2)cc1F. The van der Waals surface area contributed by atoms with E-state index in [0.717, 1.165) is 0 Å². The molecule has 0 saturated heterocycles. The molecule has 100 valence electrons. The van der Waals surface area contributed by atoms with Gasteiger partial charge in [0, 0.05) is 5.56 Å². The molecule has 0 aliphatic heterocycles. The van der Waals surface area contributed by atoms with E-state index >= 15 is 0 Å². The molecule has 0 aliphatic carbocycles. The number of halogens is 1. The zero-order valence-electron chi connectivity index (χ0n) is 10.9. The lowest BCUT2D eigenvalue weighted by molar-refractivity contribution is 0.0985. The normalized spacial score (nSPS) is 10.9. The number of carbonyl (C=O) groups is 1. The topological polar surface area (TPSA) is 43.1 Å². The number of para-hydroxylation sites is 2. The van der Waals surface area contributed by atoms with Crippen LogP contribution in [0.15, 0.2) is 46.9 Å². The van der Waals surface area contributed by atoms with Crippen LogP contribution in [0.5, 0.6) is 0 Å². The molecule has 4 heteroatoms. The fourth-order valence-electron chi connectivity index (χ4n) is 2.00. The monoisotopic (exact) mass is 269 g/mol. The number of aromatic nitrogens is 1. The van der Waals surface area contributed by atoms with Crippen molar-refractivity contribution in [3.63, 3.8) is 0 Å². The lowest BCUT2D eigenvalue weighted by Crippen LogP contribution is -2.04. The van der Waals surface area contributed by atoms with Crippen LogP contribution in [0.3, 0.4) is 0 Å². The molecule has 3 nitrogen and oxygen atoms in total. The summed E-state index contributed by atoms with van der Waals surface area (Å²) in [6.45, 7) is 1.66. The van der Waals surface area contributed by atoms with E-state index in [9.17, 15) is 9.18 Å². The number of carbonyl (C=O) groups excluding carboxylic acids is 1. The third kappa shape index (κ3) is 2.32. The van der Waals surface area contributed by atoms with Crippen LogP contribution in [0.1, 0.15) is 21.8 Å². The van der Waals surface area contributed by atoms with Crippen LogP contribution in [0.25, 0.3) is 11.1 Å². The number of aryl methyl sites for hydroxylation is 1. The third-order valence-corrected chi connectivity index (χ3v) is 3.14. The Bertz CT molecular complexity index is 759. The maximum atomic E-state index is 13.5. The molecular weight excluding hydrogens is 257 g/mol. The predicted molar refractivity (Wildman–Crippen MR) is 73.2 cm³/mol. The van der Waals surface area contributed by atoms with Crippen molar-refractivity contribution in [2.24, 2.45) is 0 Å². The highest BCUT2D eigenvalue weighted by atomic mass is 19.1. The number of hydrogen-bond donors (Lipinski definition) is 0. The van der Waals surface area contributed by atoms with E-state index in [-0.39, 0.29) is 18.0 Å². The standard InChI is InChI=1S/C16H12FNO2/c1-10-6-7-11(8-12(10)17)14(19)9-16-18-13-4-2-3-5-15(13)20-16/h2-8H,9H2,1H3. The Morgan fingerprint density at radius 1 is 1.25 bits per heavy atom. The van der Waals surface area contributed by atoms with Gasteiger partial charge in [0.2, 0.25) is 5.89 Å². The van der Waals surface area contributed by atoms with Gasteiger partial charge in [0.1, 0.15) is 11.3 Å². The highest BCUT2D eigenvalue weighted by molar-refractivity contribution is 5.97. The average molecular weight is 269 g/mol. The van der Waals surface area contributed by atoms with Crippen LogP contribution < -0.4 is 0 Å². The second kappa shape index (κ2) is 4.89. The van der Waals surface area contributed by atoms with E-state index in [4.69, 9.17) is 4.42 Å². The molecule has 0 unspecified atom stereocenters. The molecule has 1 aromatic heterocycles. The van der Waals surface area contributed by atoms with Gasteiger partial charge in [-0.1, -0.05) is 24.3 Å². The first kappa shape index (κ1) is 12.5. The van der Waals surface area contributed by atoms with Gasteiger partial charge in [0.05, 0.1) is 6.42 Å². The molecule has 0 fully saturated rings. The molecule has 20 heavy (non-hydrogen) atoms. The van der Waals surface area contributed by atoms with Crippen LogP contribution in [0, 0.1) is 12.7 Å². The van der Waals surface area contributed by atoms with E-state index in [1.807, 2.05) is 18.2 Å². The number of hydrogen-bond acceptors (Lipinski definition) is 3. The van der Waals surface area contributed by atoms with Gasteiger partial charge in [-0.05, 0) is 30.7 Å². The van der Waals surface area contributed by atoms with E-state index < -0.39 is 0 Å². The fourth-order valence-corrected chi connectivity index (χ4v) is 2.00. The number of ketones is 1. The van der Waals surface area contributed by atoms with Gasteiger partial charge in [-0.3, -0.25) is 4.79 Å². The Labute approximate surface area is 115 Å². The van der Waals surface area contributed by atoms with Gasteiger partial charge in [-0.25, -0.2) is 9.37 Å². The van der Waals surface area contributed by atoms with E-state index in [0.29, 0.717) is 28.1 Å². The van der Waals surface area contributed by atoms with Gasteiger partial charge in [0.15, 0.2) is 11.4 Å². The molecule has 0 N–H and O–H groups in total. The highest BCUT2D eigenvalue weighted by Gasteiger charge is 2.13. The molecule has 0 radical (unpaired) electrons. The van der Waals surface area contributed by atoms with Gasteiger partial charge >= 0.3 is 0 Å². The zero-order valence-corrected chi connectivity index (χ0v) is 10.9. The van der Waals surface area contributed by atoms with Gasteiger partial charge in [-0.2, -0.15) is 0 Å². The summed E-state index contributed by atoms with van der Waals surface area (Å²) < 4.78 is 18.9. The molecule has 3 rings (SSSR count). The van der Waals surface area contributed by atoms with Crippen molar-refractivity contribution in [1.82, 2.24) is 4.98 Å². The lowest BCUT2D eigenvalue weighted by atomic mass is 10.1. The molecule has 0 saturated carbocycles. The van der Waals surface area contributed by atoms with Gasteiger partial charge < -0.3 is 4.42 Å². The van der Waals surface area contributed by atoms with Crippen molar-refractivity contribution in [3.05, 3.63) is 65.3 Å². The van der Waals surface area contributed by atoms with Crippen molar-refractivity contribution < 1.29 is 13.6 Å². The summed E-state index contributed by atoms with van der Waals surface area (Å²) in [4.78, 5) is 16.3. The van der Waals surface area contributed by atoms with Crippen LogP contribution >= 0.6 is 0 Å². The maximum Gasteiger partial charge on any atom is 0.203 e. The van der Waals surface area contributed by atoms with E-state index in [2.05, 4.69) is 4.98 Å². The summed E-state index contributed by atoms with van der Waals surface area (Å²) in [6, 6.07) is 11.8. The van der Waals surface area contributed by atoms with Crippen molar-refractivity contribution in [3.8, 4) is 0 Å². The van der Waals surface area contributed by atoms with E-state index in [1.165, 1.54) is 6.07 Å². The summed E-state index contributed by atoms with van der Waals surface area (Å²) in [5.41, 5.74) is 2.20. The molecule has 0 atom stereocenters. The Hall–Kier alpha value is -2.49. The summed E-state index contributed by atoms with van der Waals surface area (Å²) >= 11 is 0. The minimum atomic E-state index is -0.381. The number of oxazole rings is 1. The molecule has 0 amide bonds. The molecule has 0 bridgehead atoms. The van der Waals surface area contributed by atoms with Crippen LogP contribution in [-0.2, 0) is 6.42 Å². The lowest BCUT2D eigenvalue weighted by Gasteiger charge is -2.00. The fraction of sp³-hybridized carbons (Fsp3) is 0.125. The summed E-state index contributed by atoms with van der Waals surface area (Å²) in [5, 5.41) is 0. The molecule has 2 aromatic carbocycles. The highest BCUT2D eigenvalue weighted by Crippen LogP contribution is 2.17. The van der Waals surface area contributed by atoms with Crippen molar-refractivity contribution in [1.29, 1.82) is 0 Å². The molecule has 0 spiro atoms. The Balaban J connectivity index is 1.86. The number of nitrogens with zero attached hydrogens (tertiary/aromatic N) is 1. The van der Waals surface area contributed by atoms with Gasteiger partial charge in [-0.15, -0.1) is 0 Å². The molecule has 3 aromatic rings. The maximum absolute atomic E-state index is 13.5.